The van der Waals surface area contributed by atoms with E-state index in [0.717, 1.165) is 0 Å². The molecular weight excluding hydrogens is 256 g/mol. The van der Waals surface area contributed by atoms with Gasteiger partial charge in [0.25, 0.3) is 0 Å². The Bertz CT molecular complexity index is 370. The SMILES string of the molecule is COCCC(CO)NC(=O)Nc1ccc(Cl)cc1. The fourth-order valence-corrected chi connectivity index (χ4v) is 1.48. The van der Waals surface area contributed by atoms with Crippen LogP contribution in [0.1, 0.15) is 6.42 Å². The Labute approximate surface area is 111 Å². The summed E-state index contributed by atoms with van der Waals surface area (Å²) < 4.78 is 4.89. The van der Waals surface area contributed by atoms with Gasteiger partial charge < -0.3 is 20.5 Å². The van der Waals surface area contributed by atoms with E-state index in [1.54, 1.807) is 31.4 Å². The summed E-state index contributed by atoms with van der Waals surface area (Å²) in [7, 11) is 1.57. The molecule has 0 aliphatic carbocycles. The molecule has 3 N–H and O–H groups in total. The van der Waals surface area contributed by atoms with Gasteiger partial charge in [0.1, 0.15) is 0 Å². The smallest absolute Gasteiger partial charge is 0.319 e. The minimum atomic E-state index is -0.368. The minimum Gasteiger partial charge on any atom is -0.394 e. The maximum absolute atomic E-state index is 11.6. The van der Waals surface area contributed by atoms with Crippen molar-refractivity contribution < 1.29 is 14.6 Å². The van der Waals surface area contributed by atoms with Crippen molar-refractivity contribution in [3.05, 3.63) is 29.3 Å². The van der Waals surface area contributed by atoms with Crippen LogP contribution in [0.2, 0.25) is 5.02 Å². The van der Waals surface area contributed by atoms with Gasteiger partial charge in [0.05, 0.1) is 12.6 Å². The molecule has 0 aromatic heterocycles. The molecule has 2 amide bonds. The summed E-state index contributed by atoms with van der Waals surface area (Å²) in [5.41, 5.74) is 0.639. The van der Waals surface area contributed by atoms with Crippen LogP contribution < -0.4 is 10.6 Å². The third-order valence-corrected chi connectivity index (χ3v) is 2.58. The van der Waals surface area contributed by atoms with Crippen LogP contribution in [0.3, 0.4) is 0 Å². The van der Waals surface area contributed by atoms with E-state index in [1.165, 1.54) is 0 Å². The number of rotatable bonds is 6. The summed E-state index contributed by atoms with van der Waals surface area (Å²) in [6.45, 7) is 0.351. The van der Waals surface area contributed by atoms with Crippen LogP contribution in [-0.4, -0.2) is 37.5 Å². The van der Waals surface area contributed by atoms with Gasteiger partial charge in [-0.3, -0.25) is 0 Å². The lowest BCUT2D eigenvalue weighted by Crippen LogP contribution is -2.40. The Morgan fingerprint density at radius 2 is 2.11 bits per heavy atom. The summed E-state index contributed by atoms with van der Waals surface area (Å²) in [5, 5.41) is 15.0. The lowest BCUT2D eigenvalue weighted by atomic mass is 10.2. The second-order valence-electron chi connectivity index (χ2n) is 3.77. The second kappa shape index (κ2) is 7.92. The summed E-state index contributed by atoms with van der Waals surface area (Å²) in [4.78, 5) is 11.6. The highest BCUT2D eigenvalue weighted by atomic mass is 35.5. The van der Waals surface area contributed by atoms with Gasteiger partial charge in [-0.1, -0.05) is 11.6 Å². The number of nitrogens with one attached hydrogen (secondary N) is 2. The molecule has 18 heavy (non-hydrogen) atoms. The van der Waals surface area contributed by atoms with Gasteiger partial charge in [-0.05, 0) is 30.7 Å². The molecule has 0 saturated carbocycles. The van der Waals surface area contributed by atoms with Gasteiger partial charge >= 0.3 is 6.03 Å². The largest absolute Gasteiger partial charge is 0.394 e. The average molecular weight is 273 g/mol. The standard InChI is InChI=1S/C12H17ClN2O3/c1-18-7-6-11(8-16)15-12(17)14-10-4-2-9(13)3-5-10/h2-5,11,16H,6-8H2,1H3,(H2,14,15,17). The zero-order chi connectivity index (χ0) is 13.4. The van der Waals surface area contributed by atoms with Crippen molar-refractivity contribution in [3.63, 3.8) is 0 Å². The molecule has 0 saturated heterocycles. The van der Waals surface area contributed by atoms with Crippen LogP contribution in [0.25, 0.3) is 0 Å². The zero-order valence-electron chi connectivity index (χ0n) is 10.1. The van der Waals surface area contributed by atoms with Crippen LogP contribution in [-0.2, 0) is 4.74 Å². The Morgan fingerprint density at radius 3 is 2.67 bits per heavy atom. The number of ether oxygens (including phenoxy) is 1. The monoisotopic (exact) mass is 272 g/mol. The van der Waals surface area contributed by atoms with E-state index < -0.39 is 0 Å². The molecule has 100 valence electrons. The number of anilines is 1. The summed E-state index contributed by atoms with van der Waals surface area (Å²) in [5.74, 6) is 0. The van der Waals surface area contributed by atoms with Crippen LogP contribution >= 0.6 is 11.6 Å². The molecule has 6 heteroatoms. The summed E-state index contributed by atoms with van der Waals surface area (Å²) in [6.07, 6.45) is 0.557. The Hall–Kier alpha value is -1.30. The quantitative estimate of drug-likeness (QED) is 0.740. The first-order valence-electron chi connectivity index (χ1n) is 5.58. The summed E-state index contributed by atoms with van der Waals surface area (Å²) >= 11 is 5.74. The highest BCUT2D eigenvalue weighted by Crippen LogP contribution is 2.13. The van der Waals surface area contributed by atoms with Crippen LogP contribution in [0.5, 0.6) is 0 Å². The lowest BCUT2D eigenvalue weighted by Gasteiger charge is -2.16. The first-order chi connectivity index (χ1) is 8.65. The van der Waals surface area contributed by atoms with Crippen molar-refractivity contribution in [1.29, 1.82) is 0 Å². The molecule has 0 aliphatic rings. The number of hydrogen-bond donors (Lipinski definition) is 3. The fraction of sp³-hybridized carbons (Fsp3) is 0.417. The molecule has 0 heterocycles. The van der Waals surface area contributed by atoms with Gasteiger partial charge in [0, 0.05) is 24.4 Å². The molecule has 0 fully saturated rings. The van der Waals surface area contributed by atoms with E-state index in [-0.39, 0.29) is 18.7 Å². The summed E-state index contributed by atoms with van der Waals surface area (Å²) in [6, 6.07) is 6.08. The third kappa shape index (κ3) is 5.35. The number of hydrogen-bond acceptors (Lipinski definition) is 3. The van der Waals surface area contributed by atoms with Gasteiger partial charge in [-0.25, -0.2) is 4.79 Å². The number of benzene rings is 1. The number of methoxy groups -OCH3 is 1. The maximum atomic E-state index is 11.6. The second-order valence-corrected chi connectivity index (χ2v) is 4.20. The molecular formula is C12H17ClN2O3. The zero-order valence-corrected chi connectivity index (χ0v) is 10.9. The number of halogens is 1. The number of carbonyl (C=O) groups excluding carboxylic acids is 1. The average Bonchev–Trinajstić information content (AvgIpc) is 2.37. The molecule has 0 aliphatic heterocycles. The lowest BCUT2D eigenvalue weighted by molar-refractivity contribution is 0.161. The highest BCUT2D eigenvalue weighted by molar-refractivity contribution is 6.30. The number of urea groups is 1. The van der Waals surface area contributed by atoms with Crippen molar-refractivity contribution in [2.75, 3.05) is 25.6 Å². The maximum Gasteiger partial charge on any atom is 0.319 e. The molecule has 5 nitrogen and oxygen atoms in total. The van der Waals surface area contributed by atoms with Crippen molar-refractivity contribution in [1.82, 2.24) is 5.32 Å². The Morgan fingerprint density at radius 1 is 1.44 bits per heavy atom. The predicted octanol–water partition coefficient (Wildman–Crippen LogP) is 1.86. The normalized spacial score (nSPS) is 11.9. The van der Waals surface area contributed by atoms with E-state index in [1.807, 2.05) is 0 Å². The molecule has 0 radical (unpaired) electrons. The predicted molar refractivity (Wildman–Crippen MR) is 71.0 cm³/mol. The molecule has 1 rings (SSSR count). The van der Waals surface area contributed by atoms with Gasteiger partial charge in [-0.2, -0.15) is 0 Å². The highest BCUT2D eigenvalue weighted by Gasteiger charge is 2.10. The van der Waals surface area contributed by atoms with Crippen LogP contribution in [0.15, 0.2) is 24.3 Å². The molecule has 1 aromatic rings. The van der Waals surface area contributed by atoms with E-state index in [2.05, 4.69) is 10.6 Å². The topological polar surface area (TPSA) is 70.6 Å². The first kappa shape index (κ1) is 14.8. The first-order valence-corrected chi connectivity index (χ1v) is 5.96. The molecule has 0 bridgehead atoms. The Balaban J connectivity index is 2.42. The molecule has 0 spiro atoms. The molecule has 1 aromatic carbocycles. The van der Waals surface area contributed by atoms with Crippen LogP contribution in [0, 0.1) is 0 Å². The van der Waals surface area contributed by atoms with Crippen molar-refractivity contribution >= 4 is 23.3 Å². The molecule has 1 unspecified atom stereocenters. The van der Waals surface area contributed by atoms with E-state index in [0.29, 0.717) is 23.7 Å². The number of carbonyl (C=O) groups is 1. The van der Waals surface area contributed by atoms with Crippen molar-refractivity contribution in [3.8, 4) is 0 Å². The molecule has 1 atom stereocenters. The number of aliphatic hydroxyl groups excluding tert-OH is 1. The van der Waals surface area contributed by atoms with E-state index >= 15 is 0 Å². The van der Waals surface area contributed by atoms with Gasteiger partial charge in [0.15, 0.2) is 0 Å². The Kier molecular flexibility index (Phi) is 6.49. The van der Waals surface area contributed by atoms with E-state index in [9.17, 15) is 4.79 Å². The third-order valence-electron chi connectivity index (χ3n) is 2.33. The number of amides is 2. The van der Waals surface area contributed by atoms with Crippen molar-refractivity contribution in [2.45, 2.75) is 12.5 Å². The fourth-order valence-electron chi connectivity index (χ4n) is 1.36. The minimum absolute atomic E-state index is 0.128. The van der Waals surface area contributed by atoms with Gasteiger partial charge in [0.2, 0.25) is 0 Å². The number of aliphatic hydroxyl groups is 1. The van der Waals surface area contributed by atoms with Crippen LogP contribution in [0.4, 0.5) is 10.5 Å². The van der Waals surface area contributed by atoms with E-state index in [4.69, 9.17) is 21.4 Å². The van der Waals surface area contributed by atoms with Crippen molar-refractivity contribution in [2.24, 2.45) is 0 Å². The van der Waals surface area contributed by atoms with Gasteiger partial charge in [-0.15, -0.1) is 0 Å².